The Morgan fingerprint density at radius 3 is 2.89 bits per heavy atom. The van der Waals surface area contributed by atoms with Crippen LogP contribution < -0.4 is 10.5 Å². The van der Waals surface area contributed by atoms with Crippen LogP contribution in [-0.4, -0.2) is 41.7 Å². The molecule has 0 aliphatic carbocycles. The SMILES string of the molecule is CCN(C)CCn1c(N)nc2c(OC)cccc21. The van der Waals surface area contributed by atoms with E-state index >= 15 is 0 Å². The van der Waals surface area contributed by atoms with E-state index in [0.717, 1.165) is 36.4 Å². The van der Waals surface area contributed by atoms with Gasteiger partial charge in [-0.1, -0.05) is 13.0 Å². The number of fused-ring (bicyclic) bond motifs is 1. The van der Waals surface area contributed by atoms with Crippen LogP contribution in [0.15, 0.2) is 18.2 Å². The number of para-hydroxylation sites is 1. The second kappa shape index (κ2) is 5.27. The normalized spacial score (nSPS) is 11.3. The summed E-state index contributed by atoms with van der Waals surface area (Å²) in [6.45, 7) is 4.94. The van der Waals surface area contributed by atoms with Gasteiger partial charge in [0, 0.05) is 13.1 Å². The lowest BCUT2D eigenvalue weighted by Crippen LogP contribution is -2.23. The van der Waals surface area contributed by atoms with Crippen LogP contribution in [0.4, 0.5) is 5.95 Å². The Bertz CT molecular complexity index is 535. The Morgan fingerprint density at radius 1 is 1.44 bits per heavy atom. The number of aromatic nitrogens is 2. The number of nitrogen functional groups attached to an aromatic ring is 1. The van der Waals surface area contributed by atoms with Crippen LogP contribution in [-0.2, 0) is 6.54 Å². The van der Waals surface area contributed by atoms with Crippen molar-refractivity contribution in [3.8, 4) is 5.75 Å². The molecule has 0 saturated carbocycles. The molecule has 18 heavy (non-hydrogen) atoms. The van der Waals surface area contributed by atoms with E-state index in [4.69, 9.17) is 10.5 Å². The predicted molar refractivity (Wildman–Crippen MR) is 73.9 cm³/mol. The molecule has 2 rings (SSSR count). The van der Waals surface area contributed by atoms with Crippen LogP contribution in [0, 0.1) is 0 Å². The molecule has 1 heterocycles. The first-order chi connectivity index (χ1) is 8.67. The zero-order chi connectivity index (χ0) is 13.1. The van der Waals surface area contributed by atoms with E-state index < -0.39 is 0 Å². The quantitative estimate of drug-likeness (QED) is 0.872. The number of hydrogen-bond acceptors (Lipinski definition) is 4. The minimum absolute atomic E-state index is 0.541. The Kier molecular flexibility index (Phi) is 3.72. The van der Waals surface area contributed by atoms with Gasteiger partial charge in [-0.15, -0.1) is 0 Å². The highest BCUT2D eigenvalue weighted by Crippen LogP contribution is 2.26. The van der Waals surface area contributed by atoms with Crippen molar-refractivity contribution in [2.45, 2.75) is 13.5 Å². The number of rotatable bonds is 5. The van der Waals surface area contributed by atoms with Crippen LogP contribution in [0.5, 0.6) is 5.75 Å². The zero-order valence-corrected chi connectivity index (χ0v) is 11.2. The summed E-state index contributed by atoms with van der Waals surface area (Å²) in [6.07, 6.45) is 0. The first kappa shape index (κ1) is 12.7. The molecule has 1 aromatic heterocycles. The molecule has 0 aliphatic heterocycles. The maximum Gasteiger partial charge on any atom is 0.201 e. The van der Waals surface area contributed by atoms with E-state index in [9.17, 15) is 0 Å². The van der Waals surface area contributed by atoms with Gasteiger partial charge in [-0.3, -0.25) is 0 Å². The molecular weight excluding hydrogens is 228 g/mol. The van der Waals surface area contributed by atoms with E-state index in [0.29, 0.717) is 5.95 Å². The third kappa shape index (κ3) is 2.26. The molecule has 0 amide bonds. The Balaban J connectivity index is 2.35. The van der Waals surface area contributed by atoms with E-state index in [1.165, 1.54) is 0 Å². The summed E-state index contributed by atoms with van der Waals surface area (Å²) in [5.41, 5.74) is 7.84. The lowest BCUT2D eigenvalue weighted by Gasteiger charge is -2.15. The number of benzene rings is 1. The lowest BCUT2D eigenvalue weighted by molar-refractivity contribution is 0.338. The van der Waals surface area contributed by atoms with Gasteiger partial charge in [0.1, 0.15) is 11.3 Å². The molecule has 0 unspecified atom stereocenters. The molecule has 0 spiro atoms. The maximum atomic E-state index is 5.98. The van der Waals surface area contributed by atoms with Gasteiger partial charge in [0.15, 0.2) is 0 Å². The molecule has 2 aromatic rings. The number of nitrogens with two attached hydrogens (primary N) is 1. The summed E-state index contributed by atoms with van der Waals surface area (Å²) in [4.78, 5) is 6.63. The molecule has 0 radical (unpaired) electrons. The second-order valence-corrected chi connectivity index (χ2v) is 4.35. The molecule has 1 aromatic carbocycles. The van der Waals surface area contributed by atoms with E-state index in [2.05, 4.69) is 23.9 Å². The molecule has 2 N–H and O–H groups in total. The monoisotopic (exact) mass is 248 g/mol. The van der Waals surface area contributed by atoms with Crippen molar-refractivity contribution in [1.29, 1.82) is 0 Å². The topological polar surface area (TPSA) is 56.3 Å². The van der Waals surface area contributed by atoms with Crippen LogP contribution >= 0.6 is 0 Å². The van der Waals surface area contributed by atoms with Crippen LogP contribution in [0.3, 0.4) is 0 Å². The van der Waals surface area contributed by atoms with Gasteiger partial charge < -0.3 is 19.9 Å². The molecule has 0 fully saturated rings. The van der Waals surface area contributed by atoms with Gasteiger partial charge in [0.2, 0.25) is 5.95 Å². The largest absolute Gasteiger partial charge is 0.494 e. The molecule has 5 nitrogen and oxygen atoms in total. The van der Waals surface area contributed by atoms with Crippen molar-refractivity contribution in [1.82, 2.24) is 14.5 Å². The van der Waals surface area contributed by atoms with Crippen molar-refractivity contribution in [2.75, 3.05) is 33.0 Å². The van der Waals surface area contributed by atoms with Crippen molar-refractivity contribution in [3.63, 3.8) is 0 Å². The minimum atomic E-state index is 0.541. The molecule has 0 atom stereocenters. The number of methoxy groups -OCH3 is 1. The van der Waals surface area contributed by atoms with Gasteiger partial charge in [-0.25, -0.2) is 4.98 Å². The minimum Gasteiger partial charge on any atom is -0.494 e. The van der Waals surface area contributed by atoms with Gasteiger partial charge in [-0.05, 0) is 25.7 Å². The average Bonchev–Trinajstić information content (AvgIpc) is 2.71. The summed E-state index contributed by atoms with van der Waals surface area (Å²) in [5, 5.41) is 0. The van der Waals surface area contributed by atoms with Crippen LogP contribution in [0.2, 0.25) is 0 Å². The Morgan fingerprint density at radius 2 is 2.22 bits per heavy atom. The summed E-state index contributed by atoms with van der Waals surface area (Å²) in [7, 11) is 3.74. The number of nitrogens with zero attached hydrogens (tertiary/aromatic N) is 3. The third-order valence-corrected chi connectivity index (χ3v) is 3.24. The average molecular weight is 248 g/mol. The number of ether oxygens (including phenoxy) is 1. The van der Waals surface area contributed by atoms with Gasteiger partial charge in [-0.2, -0.15) is 0 Å². The Labute approximate surface area is 107 Å². The van der Waals surface area contributed by atoms with Crippen LogP contribution in [0.25, 0.3) is 11.0 Å². The fourth-order valence-corrected chi connectivity index (χ4v) is 1.97. The van der Waals surface area contributed by atoms with Crippen molar-refractivity contribution < 1.29 is 4.74 Å². The number of likely N-dealkylation sites (N-methyl/N-ethyl adjacent to an activating group) is 1. The first-order valence-electron chi connectivity index (χ1n) is 6.14. The van der Waals surface area contributed by atoms with E-state index in [1.54, 1.807) is 7.11 Å². The van der Waals surface area contributed by atoms with Crippen molar-refractivity contribution in [3.05, 3.63) is 18.2 Å². The Hall–Kier alpha value is -1.75. The second-order valence-electron chi connectivity index (χ2n) is 4.35. The maximum absolute atomic E-state index is 5.98. The lowest BCUT2D eigenvalue weighted by atomic mass is 10.3. The van der Waals surface area contributed by atoms with Gasteiger partial charge >= 0.3 is 0 Å². The summed E-state index contributed by atoms with van der Waals surface area (Å²) in [6, 6.07) is 5.88. The number of imidazole rings is 1. The zero-order valence-electron chi connectivity index (χ0n) is 11.2. The molecule has 5 heteroatoms. The standard InChI is InChI=1S/C13H20N4O/c1-4-16(2)8-9-17-10-6-5-7-11(18-3)12(10)15-13(17)14/h5-7H,4,8-9H2,1-3H3,(H2,14,15). The van der Waals surface area contributed by atoms with Gasteiger partial charge in [0.05, 0.1) is 12.6 Å². The third-order valence-electron chi connectivity index (χ3n) is 3.24. The number of anilines is 1. The molecule has 98 valence electrons. The summed E-state index contributed by atoms with van der Waals surface area (Å²) in [5.74, 6) is 1.31. The first-order valence-corrected chi connectivity index (χ1v) is 6.14. The predicted octanol–water partition coefficient (Wildman–Crippen LogP) is 1.58. The molecular formula is C13H20N4O. The summed E-state index contributed by atoms with van der Waals surface area (Å²) < 4.78 is 7.33. The highest BCUT2D eigenvalue weighted by Gasteiger charge is 2.11. The summed E-state index contributed by atoms with van der Waals surface area (Å²) >= 11 is 0. The van der Waals surface area contributed by atoms with Crippen molar-refractivity contribution >= 4 is 17.0 Å². The fraction of sp³-hybridized carbons (Fsp3) is 0.462. The number of hydrogen-bond donors (Lipinski definition) is 1. The fourth-order valence-electron chi connectivity index (χ4n) is 1.97. The molecule has 0 bridgehead atoms. The smallest absolute Gasteiger partial charge is 0.201 e. The highest BCUT2D eigenvalue weighted by molar-refractivity contribution is 5.84. The van der Waals surface area contributed by atoms with Crippen molar-refractivity contribution in [2.24, 2.45) is 0 Å². The van der Waals surface area contributed by atoms with E-state index in [1.807, 2.05) is 22.8 Å². The molecule has 0 saturated heterocycles. The molecule has 0 aliphatic rings. The van der Waals surface area contributed by atoms with Crippen LogP contribution in [0.1, 0.15) is 6.92 Å². The van der Waals surface area contributed by atoms with Gasteiger partial charge in [0.25, 0.3) is 0 Å². The highest BCUT2D eigenvalue weighted by atomic mass is 16.5. The van der Waals surface area contributed by atoms with E-state index in [-0.39, 0.29) is 0 Å².